The number of aryl methyl sites for hydroxylation is 1. The van der Waals surface area contributed by atoms with Gasteiger partial charge in [0.25, 0.3) is 0 Å². The highest BCUT2D eigenvalue weighted by Crippen LogP contribution is 2.21. The second kappa shape index (κ2) is 3.71. The molecule has 72 valence electrons. The lowest BCUT2D eigenvalue weighted by Crippen LogP contribution is -1.93. The van der Waals surface area contributed by atoms with E-state index in [4.69, 9.17) is 23.2 Å². The Morgan fingerprint density at radius 3 is 2.79 bits per heavy atom. The summed E-state index contributed by atoms with van der Waals surface area (Å²) >= 11 is 11.7. The molecule has 2 nitrogen and oxygen atoms in total. The molecule has 0 amide bonds. The fourth-order valence-electron chi connectivity index (χ4n) is 1.31. The minimum atomic E-state index is 0.281. The SMILES string of the molecule is Cc1ccc2nc(CCl)nc(Cl)c2c1. The van der Waals surface area contributed by atoms with Gasteiger partial charge < -0.3 is 0 Å². The van der Waals surface area contributed by atoms with Crippen molar-refractivity contribution in [1.29, 1.82) is 0 Å². The van der Waals surface area contributed by atoms with Crippen LogP contribution in [0.15, 0.2) is 18.2 Å². The van der Waals surface area contributed by atoms with E-state index in [2.05, 4.69) is 9.97 Å². The molecule has 2 aromatic rings. The van der Waals surface area contributed by atoms with Crippen LogP contribution in [0.3, 0.4) is 0 Å². The zero-order valence-corrected chi connectivity index (χ0v) is 9.10. The number of hydrogen-bond donors (Lipinski definition) is 0. The van der Waals surface area contributed by atoms with Crippen molar-refractivity contribution >= 4 is 34.1 Å². The molecule has 2 rings (SSSR count). The van der Waals surface area contributed by atoms with E-state index in [9.17, 15) is 0 Å². The Bertz CT molecular complexity index is 483. The van der Waals surface area contributed by atoms with Crippen LogP contribution in [0.4, 0.5) is 0 Å². The molecule has 0 aliphatic rings. The van der Waals surface area contributed by atoms with Gasteiger partial charge >= 0.3 is 0 Å². The van der Waals surface area contributed by atoms with E-state index in [-0.39, 0.29) is 5.88 Å². The zero-order chi connectivity index (χ0) is 10.1. The van der Waals surface area contributed by atoms with Gasteiger partial charge in [-0.25, -0.2) is 9.97 Å². The van der Waals surface area contributed by atoms with Crippen LogP contribution in [-0.4, -0.2) is 9.97 Å². The Morgan fingerprint density at radius 1 is 1.29 bits per heavy atom. The number of alkyl halides is 1. The van der Waals surface area contributed by atoms with Crippen molar-refractivity contribution < 1.29 is 0 Å². The van der Waals surface area contributed by atoms with Crippen molar-refractivity contribution in [3.63, 3.8) is 0 Å². The number of benzene rings is 1. The Balaban J connectivity index is 2.76. The average Bonchev–Trinajstić information content (AvgIpc) is 2.19. The second-order valence-electron chi connectivity index (χ2n) is 3.08. The van der Waals surface area contributed by atoms with E-state index in [1.165, 1.54) is 0 Å². The fraction of sp³-hybridized carbons (Fsp3) is 0.200. The molecule has 0 bridgehead atoms. The molecule has 0 N–H and O–H groups in total. The fourth-order valence-corrected chi connectivity index (χ4v) is 1.68. The molecule has 1 aromatic carbocycles. The van der Waals surface area contributed by atoms with Gasteiger partial charge in [0.05, 0.1) is 11.4 Å². The zero-order valence-electron chi connectivity index (χ0n) is 7.59. The molecule has 1 heterocycles. The number of rotatable bonds is 1. The Hall–Kier alpha value is -0.860. The summed E-state index contributed by atoms with van der Waals surface area (Å²) in [6.07, 6.45) is 0. The van der Waals surface area contributed by atoms with Crippen LogP contribution < -0.4 is 0 Å². The monoisotopic (exact) mass is 226 g/mol. The van der Waals surface area contributed by atoms with Crippen LogP contribution >= 0.6 is 23.2 Å². The average molecular weight is 227 g/mol. The van der Waals surface area contributed by atoms with Gasteiger partial charge in [0.1, 0.15) is 11.0 Å². The van der Waals surface area contributed by atoms with Crippen LogP contribution in [0.25, 0.3) is 10.9 Å². The van der Waals surface area contributed by atoms with E-state index in [1.807, 2.05) is 25.1 Å². The van der Waals surface area contributed by atoms with Crippen molar-refractivity contribution in [2.24, 2.45) is 0 Å². The molecule has 0 saturated heterocycles. The third-order valence-corrected chi connectivity index (χ3v) is 2.50. The lowest BCUT2D eigenvalue weighted by molar-refractivity contribution is 1.06. The number of nitrogens with zero attached hydrogens (tertiary/aromatic N) is 2. The van der Waals surface area contributed by atoms with Gasteiger partial charge in [0.2, 0.25) is 0 Å². The van der Waals surface area contributed by atoms with Crippen LogP contribution in [0.2, 0.25) is 5.15 Å². The first kappa shape index (κ1) is 9.69. The topological polar surface area (TPSA) is 25.8 Å². The molecule has 0 saturated carbocycles. The Kier molecular flexibility index (Phi) is 2.57. The van der Waals surface area contributed by atoms with Crippen LogP contribution in [0.5, 0.6) is 0 Å². The first-order valence-corrected chi connectivity index (χ1v) is 5.10. The van der Waals surface area contributed by atoms with Gasteiger partial charge in [-0.15, -0.1) is 11.6 Å². The van der Waals surface area contributed by atoms with Gasteiger partial charge in [-0.3, -0.25) is 0 Å². The van der Waals surface area contributed by atoms with Gasteiger partial charge in [0, 0.05) is 5.39 Å². The maximum atomic E-state index is 6.00. The summed E-state index contributed by atoms with van der Waals surface area (Å²) in [5.41, 5.74) is 1.98. The maximum Gasteiger partial charge on any atom is 0.145 e. The third kappa shape index (κ3) is 1.68. The van der Waals surface area contributed by atoms with E-state index in [1.54, 1.807) is 0 Å². The van der Waals surface area contributed by atoms with Crippen molar-refractivity contribution in [1.82, 2.24) is 9.97 Å². The Morgan fingerprint density at radius 2 is 2.07 bits per heavy atom. The summed E-state index contributed by atoms with van der Waals surface area (Å²) in [7, 11) is 0. The molecule has 1 aromatic heterocycles. The van der Waals surface area contributed by atoms with E-state index in [0.29, 0.717) is 11.0 Å². The minimum absolute atomic E-state index is 0.281. The largest absolute Gasteiger partial charge is 0.231 e. The van der Waals surface area contributed by atoms with Gasteiger partial charge in [-0.1, -0.05) is 23.2 Å². The molecule has 0 spiro atoms. The minimum Gasteiger partial charge on any atom is -0.231 e. The highest BCUT2D eigenvalue weighted by atomic mass is 35.5. The van der Waals surface area contributed by atoms with Gasteiger partial charge in [0.15, 0.2) is 0 Å². The first-order valence-electron chi connectivity index (χ1n) is 4.19. The number of aromatic nitrogens is 2. The maximum absolute atomic E-state index is 6.00. The molecule has 0 radical (unpaired) electrons. The highest BCUT2D eigenvalue weighted by Gasteiger charge is 2.04. The van der Waals surface area contributed by atoms with E-state index >= 15 is 0 Å². The number of halogens is 2. The summed E-state index contributed by atoms with van der Waals surface area (Å²) in [6.45, 7) is 2.01. The molecule has 14 heavy (non-hydrogen) atoms. The first-order chi connectivity index (χ1) is 6.70. The highest BCUT2D eigenvalue weighted by molar-refractivity contribution is 6.34. The molecule has 0 atom stereocenters. The van der Waals surface area contributed by atoms with Crippen LogP contribution in [0.1, 0.15) is 11.4 Å². The predicted molar refractivity (Wildman–Crippen MR) is 58.8 cm³/mol. The molecule has 0 aliphatic carbocycles. The molecule has 0 unspecified atom stereocenters. The molecule has 0 fully saturated rings. The molecular formula is C10H8Cl2N2. The normalized spacial score (nSPS) is 10.8. The smallest absolute Gasteiger partial charge is 0.145 e. The standard InChI is InChI=1S/C10H8Cl2N2/c1-6-2-3-8-7(4-6)10(12)14-9(5-11)13-8/h2-4H,5H2,1H3. The summed E-state index contributed by atoms with van der Waals surface area (Å²) in [5, 5.41) is 1.34. The summed E-state index contributed by atoms with van der Waals surface area (Å²) in [6, 6.07) is 5.88. The quantitative estimate of drug-likeness (QED) is 0.551. The van der Waals surface area contributed by atoms with Crippen molar-refractivity contribution in [3.05, 3.63) is 34.7 Å². The summed E-state index contributed by atoms with van der Waals surface area (Å²) in [4.78, 5) is 8.35. The van der Waals surface area contributed by atoms with E-state index in [0.717, 1.165) is 16.5 Å². The molecular weight excluding hydrogens is 219 g/mol. The van der Waals surface area contributed by atoms with E-state index < -0.39 is 0 Å². The Labute approximate surface area is 91.9 Å². The predicted octanol–water partition coefficient (Wildman–Crippen LogP) is 3.33. The van der Waals surface area contributed by atoms with Gasteiger partial charge in [-0.05, 0) is 19.1 Å². The second-order valence-corrected chi connectivity index (χ2v) is 3.71. The summed E-state index contributed by atoms with van der Waals surface area (Å²) in [5.74, 6) is 0.844. The van der Waals surface area contributed by atoms with Crippen molar-refractivity contribution in [2.45, 2.75) is 12.8 Å². The molecule has 4 heteroatoms. The molecule has 0 aliphatic heterocycles. The lowest BCUT2D eigenvalue weighted by Gasteiger charge is -2.02. The number of hydrogen-bond acceptors (Lipinski definition) is 2. The number of fused-ring (bicyclic) bond motifs is 1. The lowest BCUT2D eigenvalue weighted by atomic mass is 10.2. The van der Waals surface area contributed by atoms with Gasteiger partial charge in [-0.2, -0.15) is 0 Å². The summed E-state index contributed by atoms with van der Waals surface area (Å²) < 4.78 is 0. The van der Waals surface area contributed by atoms with Crippen molar-refractivity contribution in [2.75, 3.05) is 0 Å². The van der Waals surface area contributed by atoms with Crippen LogP contribution in [-0.2, 0) is 5.88 Å². The van der Waals surface area contributed by atoms with Crippen LogP contribution in [0, 0.1) is 6.92 Å². The third-order valence-electron chi connectivity index (χ3n) is 1.97. The van der Waals surface area contributed by atoms with Crippen molar-refractivity contribution in [3.8, 4) is 0 Å².